The number of carbonyl (C=O) groups excluding carboxylic acids is 1. The topological polar surface area (TPSA) is 57.2 Å². The van der Waals surface area contributed by atoms with E-state index < -0.39 is 5.60 Å². The number of amides is 1. The fourth-order valence-electron chi connectivity index (χ4n) is 2.82. The minimum atomic E-state index is -0.485. The number of ether oxygens (including phenoxy) is 4. The van der Waals surface area contributed by atoms with E-state index in [4.69, 9.17) is 18.9 Å². The molecule has 25 heavy (non-hydrogen) atoms. The van der Waals surface area contributed by atoms with Crippen molar-refractivity contribution >= 4 is 22.0 Å². The fourth-order valence-corrected chi connectivity index (χ4v) is 3.35. The Morgan fingerprint density at radius 1 is 1.32 bits per heavy atom. The molecule has 1 aromatic carbocycles. The zero-order valence-electron chi connectivity index (χ0n) is 14.8. The van der Waals surface area contributed by atoms with Crippen molar-refractivity contribution in [2.24, 2.45) is 5.92 Å². The number of benzene rings is 1. The van der Waals surface area contributed by atoms with Gasteiger partial charge in [0.05, 0.1) is 6.61 Å². The number of piperidine rings is 1. The Balaban J connectivity index is 1.56. The third-order valence-electron chi connectivity index (χ3n) is 4.10. The molecule has 6 nitrogen and oxygen atoms in total. The van der Waals surface area contributed by atoms with Crippen molar-refractivity contribution in [3.8, 4) is 17.2 Å². The maximum Gasteiger partial charge on any atom is 0.410 e. The van der Waals surface area contributed by atoms with Crippen LogP contribution >= 0.6 is 15.9 Å². The van der Waals surface area contributed by atoms with Crippen molar-refractivity contribution in [1.82, 2.24) is 4.90 Å². The molecule has 0 bridgehead atoms. The van der Waals surface area contributed by atoms with Gasteiger partial charge in [-0.05, 0) is 39.3 Å². The quantitative estimate of drug-likeness (QED) is 0.704. The largest absolute Gasteiger partial charge is 0.493 e. The highest BCUT2D eigenvalue weighted by Gasteiger charge is 2.32. The van der Waals surface area contributed by atoms with E-state index >= 15 is 0 Å². The molecule has 1 saturated heterocycles. The van der Waals surface area contributed by atoms with Crippen LogP contribution in [-0.2, 0) is 4.74 Å². The molecule has 2 atom stereocenters. The Morgan fingerprint density at radius 2 is 2.08 bits per heavy atom. The molecule has 7 heteroatoms. The maximum atomic E-state index is 12.3. The van der Waals surface area contributed by atoms with Crippen LogP contribution in [0, 0.1) is 5.92 Å². The molecule has 2 aliphatic rings. The summed E-state index contributed by atoms with van der Waals surface area (Å²) in [4.78, 5) is 14.4. The molecule has 0 unspecified atom stereocenters. The number of carbonyl (C=O) groups is 1. The van der Waals surface area contributed by atoms with Crippen molar-refractivity contribution in [1.29, 1.82) is 0 Å². The monoisotopic (exact) mass is 413 g/mol. The summed E-state index contributed by atoms with van der Waals surface area (Å²) < 4.78 is 22.1. The van der Waals surface area contributed by atoms with Gasteiger partial charge in [-0.3, -0.25) is 0 Å². The van der Waals surface area contributed by atoms with Crippen LogP contribution < -0.4 is 14.2 Å². The van der Waals surface area contributed by atoms with Crippen LogP contribution in [0.4, 0.5) is 4.79 Å². The average Bonchev–Trinajstić information content (AvgIpc) is 3.00. The number of rotatable bonds is 3. The summed E-state index contributed by atoms with van der Waals surface area (Å²) in [7, 11) is 0. The van der Waals surface area contributed by atoms with Gasteiger partial charge in [-0.2, -0.15) is 0 Å². The Hall–Kier alpha value is -1.63. The molecule has 0 spiro atoms. The molecule has 1 aromatic rings. The minimum Gasteiger partial charge on any atom is -0.493 e. The first-order valence-corrected chi connectivity index (χ1v) is 9.38. The first-order chi connectivity index (χ1) is 11.8. The summed E-state index contributed by atoms with van der Waals surface area (Å²) in [6.07, 6.45) is 0.606. The first-order valence-electron chi connectivity index (χ1n) is 8.46. The van der Waals surface area contributed by atoms with Gasteiger partial charge in [0, 0.05) is 29.9 Å². The van der Waals surface area contributed by atoms with E-state index in [2.05, 4.69) is 15.9 Å². The first kappa shape index (κ1) is 18.2. The molecule has 0 aromatic heterocycles. The molecule has 1 fully saturated rings. The van der Waals surface area contributed by atoms with Crippen molar-refractivity contribution in [2.45, 2.75) is 37.6 Å². The van der Waals surface area contributed by atoms with E-state index in [1.165, 1.54) is 0 Å². The Kier molecular flexibility index (Phi) is 5.32. The predicted octanol–water partition coefficient (Wildman–Crippen LogP) is 3.81. The molecule has 0 N–H and O–H groups in total. The highest BCUT2D eigenvalue weighted by Crippen LogP contribution is 2.35. The minimum absolute atomic E-state index is 0.187. The highest BCUT2D eigenvalue weighted by atomic mass is 79.9. The van der Waals surface area contributed by atoms with Crippen LogP contribution in [0.3, 0.4) is 0 Å². The molecule has 0 saturated carbocycles. The number of likely N-dealkylation sites (tertiary alicyclic amines) is 1. The number of fused-ring (bicyclic) bond motifs is 1. The molecular weight excluding hydrogens is 390 g/mol. The van der Waals surface area contributed by atoms with Gasteiger partial charge < -0.3 is 23.8 Å². The van der Waals surface area contributed by atoms with E-state index in [9.17, 15) is 4.79 Å². The van der Waals surface area contributed by atoms with Crippen LogP contribution in [0.1, 0.15) is 27.2 Å². The lowest BCUT2D eigenvalue weighted by atomic mass is 9.99. The van der Waals surface area contributed by atoms with E-state index in [0.29, 0.717) is 30.3 Å². The van der Waals surface area contributed by atoms with E-state index in [1.54, 1.807) is 4.90 Å². The SMILES string of the molecule is CC(C)(C)OC(=O)N1CC[C@H](Br)[C@H](COc2ccc3c(c2)OCO3)C1. The maximum absolute atomic E-state index is 12.3. The van der Waals surface area contributed by atoms with Crippen LogP contribution in [-0.4, -0.2) is 47.9 Å². The molecular formula is C18H24BrNO5. The number of nitrogens with zero attached hydrogens (tertiary/aromatic N) is 1. The van der Waals surface area contributed by atoms with E-state index in [1.807, 2.05) is 39.0 Å². The fraction of sp³-hybridized carbons (Fsp3) is 0.611. The Morgan fingerprint density at radius 3 is 2.84 bits per heavy atom. The van der Waals surface area contributed by atoms with Crippen molar-refractivity contribution < 1.29 is 23.7 Å². The summed E-state index contributed by atoms with van der Waals surface area (Å²) in [6, 6.07) is 5.54. The molecule has 2 aliphatic heterocycles. The summed E-state index contributed by atoms with van der Waals surface area (Å²) in [5, 5.41) is 0. The summed E-state index contributed by atoms with van der Waals surface area (Å²) >= 11 is 3.71. The third-order valence-corrected chi connectivity index (χ3v) is 5.31. The van der Waals surface area contributed by atoms with Crippen LogP contribution in [0.2, 0.25) is 0 Å². The third kappa shape index (κ3) is 4.71. The average molecular weight is 414 g/mol. The molecule has 2 heterocycles. The zero-order valence-corrected chi connectivity index (χ0v) is 16.4. The molecule has 1 amide bonds. The molecule has 0 aliphatic carbocycles. The predicted molar refractivity (Wildman–Crippen MR) is 96.7 cm³/mol. The Labute approximate surface area is 156 Å². The Bertz CT molecular complexity index is 630. The number of hydrogen-bond acceptors (Lipinski definition) is 5. The summed E-state index contributed by atoms with van der Waals surface area (Å²) in [6.45, 7) is 7.68. The molecule has 3 rings (SSSR count). The summed E-state index contributed by atoms with van der Waals surface area (Å²) in [5.74, 6) is 2.36. The second-order valence-corrected chi connectivity index (χ2v) is 8.49. The lowest BCUT2D eigenvalue weighted by Crippen LogP contribution is -2.47. The lowest BCUT2D eigenvalue weighted by molar-refractivity contribution is 0.0149. The number of hydrogen-bond donors (Lipinski definition) is 0. The normalized spacial score (nSPS) is 22.6. The van der Waals surface area contributed by atoms with Gasteiger partial charge in [0.2, 0.25) is 6.79 Å². The molecule has 138 valence electrons. The van der Waals surface area contributed by atoms with Gasteiger partial charge in [0.15, 0.2) is 11.5 Å². The second-order valence-electron chi connectivity index (χ2n) is 7.32. The smallest absolute Gasteiger partial charge is 0.410 e. The standard InChI is InChI=1S/C18H24BrNO5/c1-18(2,3)25-17(21)20-7-6-14(19)12(9-20)10-22-13-4-5-15-16(8-13)24-11-23-15/h4-5,8,12,14H,6-7,9-11H2,1-3H3/t12-,14-/m0/s1. The van der Waals surface area contributed by atoms with Crippen molar-refractivity contribution in [3.05, 3.63) is 18.2 Å². The van der Waals surface area contributed by atoms with Gasteiger partial charge in [-0.25, -0.2) is 4.79 Å². The van der Waals surface area contributed by atoms with Crippen LogP contribution in [0.25, 0.3) is 0 Å². The number of halogens is 1. The van der Waals surface area contributed by atoms with Crippen molar-refractivity contribution in [2.75, 3.05) is 26.5 Å². The van der Waals surface area contributed by atoms with E-state index in [0.717, 1.165) is 17.9 Å². The number of alkyl halides is 1. The van der Waals surface area contributed by atoms with Gasteiger partial charge in [-0.1, -0.05) is 15.9 Å². The van der Waals surface area contributed by atoms with Gasteiger partial charge in [0.1, 0.15) is 11.4 Å². The zero-order chi connectivity index (χ0) is 18.0. The highest BCUT2D eigenvalue weighted by molar-refractivity contribution is 9.09. The van der Waals surface area contributed by atoms with E-state index in [-0.39, 0.29) is 18.8 Å². The second kappa shape index (κ2) is 7.32. The van der Waals surface area contributed by atoms with Crippen molar-refractivity contribution in [3.63, 3.8) is 0 Å². The summed E-state index contributed by atoms with van der Waals surface area (Å²) in [5.41, 5.74) is -0.485. The van der Waals surface area contributed by atoms with Gasteiger partial charge in [0.25, 0.3) is 0 Å². The van der Waals surface area contributed by atoms with Crippen LogP contribution in [0.15, 0.2) is 18.2 Å². The van der Waals surface area contributed by atoms with Crippen LogP contribution in [0.5, 0.6) is 17.2 Å². The van der Waals surface area contributed by atoms with Gasteiger partial charge >= 0.3 is 6.09 Å². The molecule has 0 radical (unpaired) electrons. The van der Waals surface area contributed by atoms with Gasteiger partial charge in [-0.15, -0.1) is 0 Å². The lowest BCUT2D eigenvalue weighted by Gasteiger charge is -2.36.